The first kappa shape index (κ1) is 25.9. The summed E-state index contributed by atoms with van der Waals surface area (Å²) < 4.78 is 11.5. The van der Waals surface area contributed by atoms with Crippen molar-refractivity contribution in [1.29, 1.82) is 0 Å². The molecule has 0 bridgehead atoms. The van der Waals surface area contributed by atoms with Gasteiger partial charge < -0.3 is 24.4 Å². The zero-order chi connectivity index (χ0) is 22.5. The molecule has 1 N–H and O–H groups in total. The van der Waals surface area contributed by atoms with Crippen LogP contribution in [0.4, 0.5) is 4.79 Å². The van der Waals surface area contributed by atoms with Gasteiger partial charge in [-0.25, -0.2) is 4.79 Å². The van der Waals surface area contributed by atoms with E-state index in [0.717, 1.165) is 58.3 Å². The highest BCUT2D eigenvalue weighted by atomic mass is 35.5. The predicted octanol–water partition coefficient (Wildman–Crippen LogP) is 4.97. The van der Waals surface area contributed by atoms with Crippen LogP contribution < -0.4 is 4.74 Å². The Kier molecular flexibility index (Phi) is 12.3. The van der Waals surface area contributed by atoms with Gasteiger partial charge in [-0.1, -0.05) is 31.4 Å². The maximum absolute atomic E-state index is 12.4. The van der Waals surface area contributed by atoms with Gasteiger partial charge in [-0.15, -0.1) is 0 Å². The fourth-order valence-electron chi connectivity index (χ4n) is 4.03. The van der Waals surface area contributed by atoms with Gasteiger partial charge in [0.15, 0.2) is 0 Å². The van der Waals surface area contributed by atoms with E-state index in [1.54, 1.807) is 29.2 Å². The second-order valence-corrected chi connectivity index (χ2v) is 8.74. The lowest BCUT2D eigenvalue weighted by atomic mass is 9.92. The molecule has 0 aromatic heterocycles. The maximum Gasteiger partial charge on any atom is 0.415 e. The van der Waals surface area contributed by atoms with Crippen LogP contribution >= 0.6 is 11.6 Å². The van der Waals surface area contributed by atoms with Crippen molar-refractivity contribution in [2.75, 3.05) is 39.9 Å². The molecule has 2 rings (SSSR count). The molecule has 1 aromatic carbocycles. The second-order valence-electron chi connectivity index (χ2n) is 8.31. The number of unbranched alkanes of at least 4 members (excludes halogenated alkanes) is 3. The van der Waals surface area contributed by atoms with Gasteiger partial charge in [0.05, 0.1) is 12.7 Å². The Balaban J connectivity index is 1.54. The fourth-order valence-corrected chi connectivity index (χ4v) is 4.16. The topological polar surface area (TPSA) is 62.2 Å². The molecule has 1 amide bonds. The molecule has 0 spiro atoms. The van der Waals surface area contributed by atoms with E-state index >= 15 is 0 Å². The van der Waals surface area contributed by atoms with Crippen molar-refractivity contribution in [3.8, 4) is 5.75 Å². The number of aliphatic hydroxyl groups is 1. The summed E-state index contributed by atoms with van der Waals surface area (Å²) >= 11 is 5.87. The van der Waals surface area contributed by atoms with Crippen LogP contribution in [0.5, 0.6) is 5.75 Å². The van der Waals surface area contributed by atoms with E-state index in [9.17, 15) is 4.79 Å². The van der Waals surface area contributed by atoms with E-state index in [1.165, 1.54) is 19.3 Å². The van der Waals surface area contributed by atoms with Crippen LogP contribution in [0.1, 0.15) is 58.3 Å². The first-order valence-electron chi connectivity index (χ1n) is 11.7. The summed E-state index contributed by atoms with van der Waals surface area (Å²) in [4.78, 5) is 16.4. The van der Waals surface area contributed by atoms with Crippen molar-refractivity contribution < 1.29 is 19.4 Å². The molecular formula is C24H39ClN2O4. The SMILES string of the molecule is CCN(CCO)CCCCCCOC1CCC(N(C)C(=O)Oc2ccc(Cl)cc2)CC1. The molecule has 0 unspecified atom stereocenters. The van der Waals surface area contributed by atoms with Crippen LogP contribution in [0.15, 0.2) is 24.3 Å². The number of nitrogens with zero attached hydrogens (tertiary/aromatic N) is 2. The minimum Gasteiger partial charge on any atom is -0.410 e. The molecular weight excluding hydrogens is 416 g/mol. The molecule has 0 radical (unpaired) electrons. The molecule has 176 valence electrons. The van der Waals surface area contributed by atoms with Crippen molar-refractivity contribution >= 4 is 17.7 Å². The zero-order valence-electron chi connectivity index (χ0n) is 19.1. The molecule has 1 fully saturated rings. The second kappa shape index (κ2) is 14.7. The number of likely N-dealkylation sites (N-methyl/N-ethyl adjacent to an activating group) is 1. The molecule has 6 nitrogen and oxygen atoms in total. The Morgan fingerprint density at radius 3 is 2.39 bits per heavy atom. The number of ether oxygens (including phenoxy) is 2. The maximum atomic E-state index is 12.4. The van der Waals surface area contributed by atoms with Gasteiger partial charge in [0.25, 0.3) is 0 Å². The largest absolute Gasteiger partial charge is 0.415 e. The Morgan fingerprint density at radius 2 is 1.74 bits per heavy atom. The highest BCUT2D eigenvalue weighted by molar-refractivity contribution is 6.30. The standard InChI is InChI=1S/C24H39ClN2O4/c1-3-27(17-18-28)16-6-4-5-7-19-30-22-14-10-21(11-15-22)26(2)24(29)31-23-12-8-20(25)9-13-23/h8-9,12-13,21-22,28H,3-7,10-11,14-19H2,1-2H3. The minimum atomic E-state index is -0.327. The van der Waals surface area contributed by atoms with E-state index < -0.39 is 0 Å². The van der Waals surface area contributed by atoms with Gasteiger partial charge in [-0.2, -0.15) is 0 Å². The summed E-state index contributed by atoms with van der Waals surface area (Å²) in [6, 6.07) is 7.02. The van der Waals surface area contributed by atoms with Crippen molar-refractivity contribution in [1.82, 2.24) is 9.80 Å². The Morgan fingerprint density at radius 1 is 1.06 bits per heavy atom. The van der Waals surface area contributed by atoms with Gasteiger partial charge in [0, 0.05) is 31.3 Å². The van der Waals surface area contributed by atoms with Gasteiger partial charge in [0.2, 0.25) is 0 Å². The molecule has 0 saturated heterocycles. The number of carbonyl (C=O) groups excluding carboxylic acids is 1. The van der Waals surface area contributed by atoms with E-state index in [1.807, 2.05) is 7.05 Å². The van der Waals surface area contributed by atoms with Crippen molar-refractivity contribution in [2.24, 2.45) is 0 Å². The fraction of sp³-hybridized carbons (Fsp3) is 0.708. The van der Waals surface area contributed by atoms with E-state index in [4.69, 9.17) is 26.2 Å². The summed E-state index contributed by atoms with van der Waals surface area (Å²) in [6.45, 7) is 6.03. The molecule has 1 saturated carbocycles. The van der Waals surface area contributed by atoms with E-state index in [0.29, 0.717) is 16.9 Å². The Bertz CT molecular complexity index is 621. The quantitative estimate of drug-likeness (QED) is 0.426. The monoisotopic (exact) mass is 454 g/mol. The molecule has 7 heteroatoms. The molecule has 1 aromatic rings. The van der Waals surface area contributed by atoms with Crippen LogP contribution in [-0.4, -0.2) is 73.0 Å². The predicted molar refractivity (Wildman–Crippen MR) is 125 cm³/mol. The average Bonchev–Trinajstić information content (AvgIpc) is 2.79. The Hall–Kier alpha value is -1.34. The molecule has 1 aliphatic rings. The minimum absolute atomic E-state index is 0.195. The lowest BCUT2D eigenvalue weighted by molar-refractivity contribution is 0.0104. The number of hydrogen-bond donors (Lipinski definition) is 1. The van der Waals surface area contributed by atoms with Crippen molar-refractivity contribution in [2.45, 2.75) is 70.4 Å². The first-order chi connectivity index (χ1) is 15.0. The summed E-state index contributed by atoms with van der Waals surface area (Å²) in [5.74, 6) is 0.508. The van der Waals surface area contributed by atoms with Crippen LogP contribution in [-0.2, 0) is 4.74 Å². The van der Waals surface area contributed by atoms with E-state index in [2.05, 4.69) is 11.8 Å². The number of amides is 1. The lowest BCUT2D eigenvalue weighted by Gasteiger charge is -2.34. The zero-order valence-corrected chi connectivity index (χ0v) is 19.9. The third-order valence-electron chi connectivity index (χ3n) is 6.08. The molecule has 0 aliphatic heterocycles. The normalized spacial score (nSPS) is 18.9. The number of halogens is 1. The number of hydrogen-bond acceptors (Lipinski definition) is 5. The van der Waals surface area contributed by atoms with Crippen LogP contribution in [0.25, 0.3) is 0 Å². The van der Waals surface area contributed by atoms with Gasteiger partial charge in [-0.05, 0) is 75.9 Å². The molecule has 0 heterocycles. The molecule has 31 heavy (non-hydrogen) atoms. The third kappa shape index (κ3) is 9.77. The van der Waals surface area contributed by atoms with Crippen molar-refractivity contribution in [3.05, 3.63) is 29.3 Å². The number of aliphatic hydroxyl groups excluding tert-OH is 1. The highest BCUT2D eigenvalue weighted by Crippen LogP contribution is 2.26. The van der Waals surface area contributed by atoms with Gasteiger partial charge >= 0.3 is 6.09 Å². The van der Waals surface area contributed by atoms with Crippen molar-refractivity contribution in [3.63, 3.8) is 0 Å². The van der Waals surface area contributed by atoms with Crippen LogP contribution in [0.3, 0.4) is 0 Å². The van der Waals surface area contributed by atoms with E-state index in [-0.39, 0.29) is 18.7 Å². The summed E-state index contributed by atoms with van der Waals surface area (Å²) in [7, 11) is 1.81. The van der Waals surface area contributed by atoms with Crippen LogP contribution in [0, 0.1) is 0 Å². The highest BCUT2D eigenvalue weighted by Gasteiger charge is 2.27. The van der Waals surface area contributed by atoms with Crippen LogP contribution in [0.2, 0.25) is 5.02 Å². The van der Waals surface area contributed by atoms with Gasteiger partial charge in [-0.3, -0.25) is 0 Å². The summed E-state index contributed by atoms with van der Waals surface area (Å²) in [5.41, 5.74) is 0. The summed E-state index contributed by atoms with van der Waals surface area (Å²) in [5, 5.41) is 9.64. The smallest absolute Gasteiger partial charge is 0.410 e. The number of benzene rings is 1. The van der Waals surface area contributed by atoms with Gasteiger partial charge in [0.1, 0.15) is 5.75 Å². The third-order valence-corrected chi connectivity index (χ3v) is 6.34. The average molecular weight is 455 g/mol. The molecule has 1 aliphatic carbocycles. The molecule has 0 atom stereocenters. The summed E-state index contributed by atoms with van der Waals surface area (Å²) in [6.07, 6.45) is 8.49. The first-order valence-corrected chi connectivity index (χ1v) is 12.1. The lowest BCUT2D eigenvalue weighted by Crippen LogP contribution is -2.42. The Labute approximate surface area is 192 Å². The number of rotatable bonds is 13. The number of carbonyl (C=O) groups is 1.